The minimum atomic E-state index is -0.115. The predicted octanol–water partition coefficient (Wildman–Crippen LogP) is 2.22. The molecule has 1 aromatic carbocycles. The van der Waals surface area contributed by atoms with E-state index >= 15 is 0 Å². The maximum atomic E-state index is 12.4. The number of piperazine rings is 1. The third-order valence-electron chi connectivity index (χ3n) is 4.89. The van der Waals surface area contributed by atoms with E-state index in [4.69, 9.17) is 0 Å². The van der Waals surface area contributed by atoms with Gasteiger partial charge in [0.25, 0.3) is 0 Å². The molecule has 0 bridgehead atoms. The van der Waals surface area contributed by atoms with Crippen LogP contribution in [0.25, 0.3) is 0 Å². The monoisotopic (exact) mass is 338 g/mol. The van der Waals surface area contributed by atoms with Crippen LogP contribution < -0.4 is 10.2 Å². The first-order valence-electron chi connectivity index (χ1n) is 8.86. The van der Waals surface area contributed by atoms with Gasteiger partial charge in [-0.2, -0.15) is 0 Å². The predicted molar refractivity (Wildman–Crippen MR) is 101 cm³/mol. The summed E-state index contributed by atoms with van der Waals surface area (Å²) in [5.41, 5.74) is 3.63. The van der Waals surface area contributed by atoms with Crippen LogP contribution in [0.2, 0.25) is 0 Å². The number of carbonyl (C=O) groups is 1. The highest BCUT2D eigenvalue weighted by Gasteiger charge is 2.25. The molecular formula is C20H26N4O. The second kappa shape index (κ2) is 8.12. The van der Waals surface area contributed by atoms with Crippen molar-refractivity contribution in [3.8, 4) is 0 Å². The van der Waals surface area contributed by atoms with Gasteiger partial charge < -0.3 is 10.2 Å². The Morgan fingerprint density at radius 2 is 1.92 bits per heavy atom. The average Bonchev–Trinajstić information content (AvgIpc) is 2.67. The van der Waals surface area contributed by atoms with Crippen molar-refractivity contribution in [2.75, 3.05) is 31.1 Å². The molecule has 1 fully saturated rings. The van der Waals surface area contributed by atoms with E-state index in [9.17, 15) is 4.79 Å². The Bertz CT molecular complexity index is 696. The zero-order valence-electron chi connectivity index (χ0n) is 15.0. The number of rotatable bonds is 5. The summed E-state index contributed by atoms with van der Waals surface area (Å²) in [4.78, 5) is 21.2. The summed E-state index contributed by atoms with van der Waals surface area (Å²) in [5.74, 6) is 0.0770. The van der Waals surface area contributed by atoms with Crippen molar-refractivity contribution in [1.82, 2.24) is 15.2 Å². The van der Waals surface area contributed by atoms with Crippen molar-refractivity contribution in [3.63, 3.8) is 0 Å². The molecule has 1 atom stereocenters. The molecule has 0 radical (unpaired) electrons. The molecule has 1 amide bonds. The van der Waals surface area contributed by atoms with Gasteiger partial charge in [-0.1, -0.05) is 24.3 Å². The van der Waals surface area contributed by atoms with Crippen LogP contribution in [0.15, 0.2) is 48.8 Å². The number of aryl methyl sites for hydroxylation is 1. The number of carbonyl (C=O) groups excluding carboxylic acids is 1. The molecule has 2 aromatic rings. The number of nitrogens with zero attached hydrogens (tertiary/aromatic N) is 3. The Balaban J connectivity index is 1.50. The van der Waals surface area contributed by atoms with Gasteiger partial charge in [0.15, 0.2) is 0 Å². The second-order valence-electron chi connectivity index (χ2n) is 6.56. The lowest BCUT2D eigenvalue weighted by atomic mass is 10.1. The molecule has 1 N–H and O–H groups in total. The first-order valence-corrected chi connectivity index (χ1v) is 8.86. The molecule has 0 saturated carbocycles. The normalized spacial score (nSPS) is 16.5. The lowest BCUT2D eigenvalue weighted by molar-refractivity contribution is -0.126. The zero-order valence-corrected chi connectivity index (χ0v) is 15.0. The molecule has 1 saturated heterocycles. The van der Waals surface area contributed by atoms with Crippen molar-refractivity contribution in [2.24, 2.45) is 0 Å². The standard InChI is InChI=1S/C20H26N4O/c1-16-6-3-4-8-19(16)24-12-10-23(11-13-24)17(2)20(25)22-15-18-7-5-9-21-14-18/h3-9,14,17H,10-13,15H2,1-2H3,(H,22,25)/t17-/m1/s1. The fraction of sp³-hybridized carbons (Fsp3) is 0.400. The number of anilines is 1. The van der Waals surface area contributed by atoms with Gasteiger partial charge in [-0.15, -0.1) is 0 Å². The number of pyridine rings is 1. The fourth-order valence-electron chi connectivity index (χ4n) is 3.27. The van der Waals surface area contributed by atoms with Gasteiger partial charge >= 0.3 is 0 Å². The number of hydrogen-bond acceptors (Lipinski definition) is 4. The Kier molecular flexibility index (Phi) is 5.66. The first kappa shape index (κ1) is 17.4. The van der Waals surface area contributed by atoms with Crippen LogP contribution in [-0.2, 0) is 11.3 Å². The Morgan fingerprint density at radius 3 is 2.60 bits per heavy atom. The summed E-state index contributed by atoms with van der Waals surface area (Å²) >= 11 is 0. The highest BCUT2D eigenvalue weighted by molar-refractivity contribution is 5.81. The van der Waals surface area contributed by atoms with E-state index in [1.165, 1.54) is 11.3 Å². The molecule has 2 heterocycles. The van der Waals surface area contributed by atoms with E-state index in [0.717, 1.165) is 31.7 Å². The van der Waals surface area contributed by atoms with Gasteiger partial charge in [0.2, 0.25) is 5.91 Å². The topological polar surface area (TPSA) is 48.5 Å². The van der Waals surface area contributed by atoms with Gasteiger partial charge in [-0.25, -0.2) is 0 Å². The Morgan fingerprint density at radius 1 is 1.16 bits per heavy atom. The van der Waals surface area contributed by atoms with Crippen LogP contribution in [0.5, 0.6) is 0 Å². The van der Waals surface area contributed by atoms with E-state index in [1.807, 2.05) is 19.1 Å². The number of benzene rings is 1. The molecule has 132 valence electrons. The number of nitrogens with one attached hydrogen (secondary N) is 1. The smallest absolute Gasteiger partial charge is 0.237 e. The summed E-state index contributed by atoms with van der Waals surface area (Å²) in [5, 5.41) is 3.01. The van der Waals surface area contributed by atoms with Gasteiger partial charge in [0.05, 0.1) is 6.04 Å². The SMILES string of the molecule is Cc1ccccc1N1CCN([C@H](C)C(=O)NCc2cccnc2)CC1. The third kappa shape index (κ3) is 4.37. The molecule has 1 aromatic heterocycles. The zero-order chi connectivity index (χ0) is 17.6. The van der Waals surface area contributed by atoms with Crippen molar-refractivity contribution in [3.05, 3.63) is 59.9 Å². The quantitative estimate of drug-likeness (QED) is 0.908. The Hall–Kier alpha value is -2.40. The molecule has 0 aliphatic carbocycles. The van der Waals surface area contributed by atoms with Crippen LogP contribution >= 0.6 is 0 Å². The summed E-state index contributed by atoms with van der Waals surface area (Å²) in [6.45, 7) is 8.36. The van der Waals surface area contributed by atoms with E-state index in [-0.39, 0.29) is 11.9 Å². The van der Waals surface area contributed by atoms with Gasteiger partial charge in [-0.05, 0) is 37.1 Å². The van der Waals surface area contributed by atoms with Crippen molar-refractivity contribution >= 4 is 11.6 Å². The van der Waals surface area contributed by atoms with Crippen LogP contribution in [0.4, 0.5) is 5.69 Å². The van der Waals surface area contributed by atoms with E-state index in [0.29, 0.717) is 6.54 Å². The van der Waals surface area contributed by atoms with Crippen molar-refractivity contribution in [2.45, 2.75) is 26.4 Å². The van der Waals surface area contributed by atoms with Crippen LogP contribution in [0, 0.1) is 6.92 Å². The minimum absolute atomic E-state index is 0.0770. The number of hydrogen-bond donors (Lipinski definition) is 1. The molecule has 1 aliphatic rings. The van der Waals surface area contributed by atoms with E-state index in [2.05, 4.69) is 51.3 Å². The van der Waals surface area contributed by atoms with Crippen LogP contribution in [-0.4, -0.2) is 48.0 Å². The molecule has 5 heteroatoms. The molecule has 5 nitrogen and oxygen atoms in total. The van der Waals surface area contributed by atoms with Gasteiger partial charge in [0, 0.05) is 50.8 Å². The van der Waals surface area contributed by atoms with Gasteiger partial charge in [-0.3, -0.25) is 14.7 Å². The van der Waals surface area contributed by atoms with Crippen molar-refractivity contribution in [1.29, 1.82) is 0 Å². The number of para-hydroxylation sites is 1. The maximum absolute atomic E-state index is 12.4. The molecule has 25 heavy (non-hydrogen) atoms. The molecule has 1 aliphatic heterocycles. The van der Waals surface area contributed by atoms with E-state index < -0.39 is 0 Å². The number of amides is 1. The van der Waals surface area contributed by atoms with Crippen LogP contribution in [0.3, 0.4) is 0 Å². The minimum Gasteiger partial charge on any atom is -0.369 e. The fourth-order valence-corrected chi connectivity index (χ4v) is 3.27. The largest absolute Gasteiger partial charge is 0.369 e. The average molecular weight is 338 g/mol. The van der Waals surface area contributed by atoms with Gasteiger partial charge in [0.1, 0.15) is 0 Å². The molecule has 3 rings (SSSR count). The second-order valence-corrected chi connectivity index (χ2v) is 6.56. The van der Waals surface area contributed by atoms with Crippen LogP contribution in [0.1, 0.15) is 18.1 Å². The van der Waals surface area contributed by atoms with Crippen molar-refractivity contribution < 1.29 is 4.79 Å². The highest BCUT2D eigenvalue weighted by atomic mass is 16.2. The summed E-state index contributed by atoms with van der Waals surface area (Å²) < 4.78 is 0. The maximum Gasteiger partial charge on any atom is 0.237 e. The lowest BCUT2D eigenvalue weighted by Crippen LogP contribution is -2.54. The highest BCUT2D eigenvalue weighted by Crippen LogP contribution is 2.21. The molecule has 0 unspecified atom stereocenters. The molecule has 0 spiro atoms. The first-order chi connectivity index (χ1) is 12.1. The third-order valence-corrected chi connectivity index (χ3v) is 4.89. The summed E-state index contributed by atoms with van der Waals surface area (Å²) in [6.07, 6.45) is 3.52. The Labute approximate surface area is 149 Å². The lowest BCUT2D eigenvalue weighted by Gasteiger charge is -2.39. The summed E-state index contributed by atoms with van der Waals surface area (Å²) in [7, 11) is 0. The molecular weight excluding hydrogens is 312 g/mol. The summed E-state index contributed by atoms with van der Waals surface area (Å²) in [6, 6.07) is 12.2. The number of aromatic nitrogens is 1. The van der Waals surface area contributed by atoms with E-state index in [1.54, 1.807) is 12.4 Å².